The number of nitrogen functional groups attached to an aromatic ring is 1. The van der Waals surface area contributed by atoms with Crippen LogP contribution in [-0.4, -0.2) is 23.1 Å². The van der Waals surface area contributed by atoms with Crippen molar-refractivity contribution in [3.8, 4) is 28.5 Å². The third kappa shape index (κ3) is 3.43. The number of nitriles is 1. The molecule has 1 unspecified atom stereocenters. The van der Waals surface area contributed by atoms with Gasteiger partial charge in [-0.25, -0.2) is 4.98 Å². The molecule has 5 rings (SSSR count). The zero-order chi connectivity index (χ0) is 20.5. The summed E-state index contributed by atoms with van der Waals surface area (Å²) in [5, 5.41) is 12.6. The van der Waals surface area contributed by atoms with Crippen LogP contribution in [0.3, 0.4) is 0 Å². The van der Waals surface area contributed by atoms with E-state index in [1.54, 1.807) is 12.3 Å². The van der Waals surface area contributed by atoms with Crippen molar-refractivity contribution in [3.63, 3.8) is 0 Å². The topological polar surface area (TPSA) is 96.8 Å². The summed E-state index contributed by atoms with van der Waals surface area (Å²) in [6, 6.07) is 12.6. The number of hydrogen-bond donors (Lipinski definition) is 2. The molecule has 0 spiro atoms. The quantitative estimate of drug-likeness (QED) is 0.698. The van der Waals surface area contributed by atoms with Crippen molar-refractivity contribution < 1.29 is 4.74 Å². The standard InChI is InChI=1S/C24H23N5O/c25-11-15-3-4-23(28-12-15)20-10-18(13-29-24(20)26)17-8-16-5-7-30-14-21(16)19(9-17)22-2-1-6-27-22/h3-4,8-10,12-13,22,27H,1-2,5-7,14H2,(H2,26,29). The van der Waals surface area contributed by atoms with Gasteiger partial charge in [-0.05, 0) is 72.3 Å². The van der Waals surface area contributed by atoms with Crippen molar-refractivity contribution in [1.29, 1.82) is 5.26 Å². The van der Waals surface area contributed by atoms with Crippen molar-refractivity contribution in [2.24, 2.45) is 0 Å². The summed E-state index contributed by atoms with van der Waals surface area (Å²) < 4.78 is 5.77. The highest BCUT2D eigenvalue weighted by Gasteiger charge is 2.24. The Balaban J connectivity index is 1.60. The van der Waals surface area contributed by atoms with Gasteiger partial charge in [0.2, 0.25) is 0 Å². The lowest BCUT2D eigenvalue weighted by Gasteiger charge is -2.25. The van der Waals surface area contributed by atoms with Crippen LogP contribution < -0.4 is 11.1 Å². The van der Waals surface area contributed by atoms with E-state index in [1.807, 2.05) is 18.3 Å². The molecular weight excluding hydrogens is 374 g/mol. The fourth-order valence-corrected chi connectivity index (χ4v) is 4.40. The summed E-state index contributed by atoms with van der Waals surface area (Å²) in [5.41, 5.74) is 14.4. The van der Waals surface area contributed by atoms with Crippen LogP contribution in [0.4, 0.5) is 5.82 Å². The van der Waals surface area contributed by atoms with Crippen LogP contribution in [0, 0.1) is 11.3 Å². The molecule has 1 fully saturated rings. The van der Waals surface area contributed by atoms with Gasteiger partial charge in [-0.1, -0.05) is 6.07 Å². The molecule has 2 aliphatic heterocycles. The Bertz CT molecular complexity index is 1130. The minimum Gasteiger partial charge on any atom is -0.383 e. The van der Waals surface area contributed by atoms with E-state index in [0.29, 0.717) is 29.7 Å². The van der Waals surface area contributed by atoms with Gasteiger partial charge < -0.3 is 15.8 Å². The van der Waals surface area contributed by atoms with Crippen LogP contribution in [0.25, 0.3) is 22.4 Å². The summed E-state index contributed by atoms with van der Waals surface area (Å²) in [6.45, 7) is 2.50. The van der Waals surface area contributed by atoms with Gasteiger partial charge in [-0.15, -0.1) is 0 Å². The second kappa shape index (κ2) is 7.86. The maximum absolute atomic E-state index is 9.02. The first kappa shape index (κ1) is 18.7. The Morgan fingerprint density at radius 3 is 2.83 bits per heavy atom. The molecule has 2 aromatic heterocycles. The molecule has 30 heavy (non-hydrogen) atoms. The fourth-order valence-electron chi connectivity index (χ4n) is 4.40. The van der Waals surface area contributed by atoms with Gasteiger partial charge in [0.25, 0.3) is 0 Å². The molecule has 6 nitrogen and oxygen atoms in total. The Labute approximate surface area is 175 Å². The van der Waals surface area contributed by atoms with Crippen LogP contribution in [0.15, 0.2) is 42.7 Å². The summed E-state index contributed by atoms with van der Waals surface area (Å²) in [6.07, 6.45) is 6.66. The molecule has 0 aliphatic carbocycles. The molecule has 0 amide bonds. The summed E-state index contributed by atoms with van der Waals surface area (Å²) in [4.78, 5) is 8.84. The Morgan fingerprint density at radius 1 is 1.13 bits per heavy atom. The molecule has 0 saturated carbocycles. The SMILES string of the molecule is N#Cc1ccc(-c2cc(-c3cc4c(c(C5CCCN5)c3)COCC4)cnc2N)nc1. The van der Waals surface area contributed by atoms with Crippen LogP contribution in [0.5, 0.6) is 0 Å². The van der Waals surface area contributed by atoms with Gasteiger partial charge in [-0.2, -0.15) is 5.26 Å². The normalized spacial score (nSPS) is 18.0. The van der Waals surface area contributed by atoms with E-state index in [2.05, 4.69) is 33.5 Å². The van der Waals surface area contributed by atoms with Crippen LogP contribution in [0.1, 0.15) is 41.1 Å². The van der Waals surface area contributed by atoms with Crippen LogP contribution in [0.2, 0.25) is 0 Å². The largest absolute Gasteiger partial charge is 0.383 e. The van der Waals surface area contributed by atoms with Gasteiger partial charge in [0.1, 0.15) is 11.9 Å². The van der Waals surface area contributed by atoms with E-state index in [-0.39, 0.29) is 0 Å². The minimum absolute atomic E-state index is 0.377. The molecule has 2 aliphatic rings. The number of benzene rings is 1. The zero-order valence-corrected chi connectivity index (χ0v) is 16.7. The van der Waals surface area contributed by atoms with E-state index >= 15 is 0 Å². The van der Waals surface area contributed by atoms with Gasteiger partial charge in [0.15, 0.2) is 0 Å². The lowest BCUT2D eigenvalue weighted by Crippen LogP contribution is -2.19. The van der Waals surface area contributed by atoms with Gasteiger partial charge in [0, 0.05) is 29.6 Å². The molecule has 1 aromatic carbocycles. The highest BCUT2D eigenvalue weighted by Crippen LogP contribution is 2.36. The van der Waals surface area contributed by atoms with Crippen molar-refractivity contribution in [2.45, 2.75) is 31.9 Å². The Morgan fingerprint density at radius 2 is 2.07 bits per heavy atom. The lowest BCUT2D eigenvalue weighted by molar-refractivity contribution is 0.109. The maximum Gasteiger partial charge on any atom is 0.132 e. The predicted octanol–water partition coefficient (Wildman–Crippen LogP) is 3.76. The number of rotatable bonds is 3. The zero-order valence-electron chi connectivity index (χ0n) is 16.7. The van der Waals surface area contributed by atoms with Crippen molar-refractivity contribution >= 4 is 5.82 Å². The monoisotopic (exact) mass is 397 g/mol. The van der Waals surface area contributed by atoms with Crippen LogP contribution >= 0.6 is 0 Å². The number of ether oxygens (including phenoxy) is 1. The molecule has 0 bridgehead atoms. The second-order valence-corrected chi connectivity index (χ2v) is 7.86. The van der Waals surface area contributed by atoms with E-state index in [0.717, 1.165) is 42.7 Å². The number of pyridine rings is 2. The van der Waals surface area contributed by atoms with Gasteiger partial charge in [0.05, 0.1) is 24.5 Å². The van der Waals surface area contributed by atoms with Crippen molar-refractivity contribution in [1.82, 2.24) is 15.3 Å². The van der Waals surface area contributed by atoms with Gasteiger partial charge in [-0.3, -0.25) is 4.98 Å². The van der Waals surface area contributed by atoms with E-state index < -0.39 is 0 Å². The first-order chi connectivity index (χ1) is 14.7. The first-order valence-corrected chi connectivity index (χ1v) is 10.3. The molecule has 1 atom stereocenters. The second-order valence-electron chi connectivity index (χ2n) is 7.86. The Kier molecular flexibility index (Phi) is 4.91. The van der Waals surface area contributed by atoms with Crippen molar-refractivity contribution in [3.05, 3.63) is 65.0 Å². The number of hydrogen-bond acceptors (Lipinski definition) is 6. The predicted molar refractivity (Wildman–Crippen MR) is 115 cm³/mol. The third-order valence-corrected chi connectivity index (χ3v) is 6.00. The number of nitrogens with zero attached hydrogens (tertiary/aromatic N) is 3. The summed E-state index contributed by atoms with van der Waals surface area (Å²) in [5.74, 6) is 0.431. The molecule has 1 saturated heterocycles. The third-order valence-electron chi connectivity index (χ3n) is 6.00. The highest BCUT2D eigenvalue weighted by atomic mass is 16.5. The molecule has 3 N–H and O–H groups in total. The molecule has 3 aromatic rings. The van der Waals surface area contributed by atoms with Crippen LogP contribution in [-0.2, 0) is 17.8 Å². The van der Waals surface area contributed by atoms with E-state index in [4.69, 9.17) is 15.7 Å². The summed E-state index contributed by atoms with van der Waals surface area (Å²) in [7, 11) is 0. The number of nitrogens with two attached hydrogens (primary N) is 1. The number of aromatic nitrogens is 2. The molecule has 150 valence electrons. The first-order valence-electron chi connectivity index (χ1n) is 10.3. The van der Waals surface area contributed by atoms with E-state index in [1.165, 1.54) is 23.1 Å². The van der Waals surface area contributed by atoms with Crippen molar-refractivity contribution in [2.75, 3.05) is 18.9 Å². The smallest absolute Gasteiger partial charge is 0.132 e. The maximum atomic E-state index is 9.02. The summed E-state index contributed by atoms with van der Waals surface area (Å²) >= 11 is 0. The average Bonchev–Trinajstić information content (AvgIpc) is 3.33. The molecule has 6 heteroatoms. The van der Waals surface area contributed by atoms with Gasteiger partial charge >= 0.3 is 0 Å². The number of fused-ring (bicyclic) bond motifs is 1. The number of anilines is 1. The lowest BCUT2D eigenvalue weighted by atomic mass is 9.88. The average molecular weight is 397 g/mol. The molecular formula is C24H23N5O. The molecule has 4 heterocycles. The fraction of sp³-hybridized carbons (Fsp3) is 0.292. The Hall–Kier alpha value is -3.27. The number of nitrogens with one attached hydrogen (secondary N) is 1. The minimum atomic E-state index is 0.377. The molecule has 0 radical (unpaired) electrons. The van der Waals surface area contributed by atoms with E-state index in [9.17, 15) is 0 Å². The highest BCUT2D eigenvalue weighted by molar-refractivity contribution is 5.78.